The zero-order valence-corrected chi connectivity index (χ0v) is 8.42. The van der Waals surface area contributed by atoms with Crippen LogP contribution in [0.25, 0.3) is 0 Å². The Morgan fingerprint density at radius 1 is 1.46 bits per heavy atom. The van der Waals surface area contributed by atoms with Gasteiger partial charge in [0.15, 0.2) is 5.78 Å². The van der Waals surface area contributed by atoms with Gasteiger partial charge in [0.2, 0.25) is 0 Å². The summed E-state index contributed by atoms with van der Waals surface area (Å²) in [5, 5.41) is 9.80. The summed E-state index contributed by atoms with van der Waals surface area (Å²) in [6, 6.07) is 0. The molecule has 1 fully saturated rings. The molecular formula is C11H16O2. The van der Waals surface area contributed by atoms with E-state index in [0.717, 1.165) is 12.8 Å². The average molecular weight is 180 g/mol. The average Bonchev–Trinajstić information content (AvgIpc) is 2.16. The van der Waals surface area contributed by atoms with Crippen LogP contribution in [0, 0.1) is 16.7 Å². The second kappa shape index (κ2) is 2.17. The number of aliphatic hydroxyl groups is 1. The minimum atomic E-state index is -0.175. The highest BCUT2D eigenvalue weighted by molar-refractivity contribution is 5.94. The van der Waals surface area contributed by atoms with Crippen molar-refractivity contribution in [1.82, 2.24) is 0 Å². The van der Waals surface area contributed by atoms with Gasteiger partial charge < -0.3 is 5.11 Å². The summed E-state index contributed by atoms with van der Waals surface area (Å²) in [5.41, 5.74) is -0.255. The molecule has 2 heteroatoms. The smallest absolute Gasteiger partial charge is 0.162 e. The Kier molecular flexibility index (Phi) is 1.47. The van der Waals surface area contributed by atoms with Crippen LogP contribution in [0.3, 0.4) is 0 Å². The van der Waals surface area contributed by atoms with Crippen molar-refractivity contribution in [3.8, 4) is 0 Å². The first-order valence-electron chi connectivity index (χ1n) is 4.84. The molecule has 72 valence electrons. The molecule has 13 heavy (non-hydrogen) atoms. The van der Waals surface area contributed by atoms with E-state index in [4.69, 9.17) is 0 Å². The van der Waals surface area contributed by atoms with Crippen molar-refractivity contribution < 1.29 is 9.90 Å². The molecule has 0 radical (unpaired) electrons. The van der Waals surface area contributed by atoms with Gasteiger partial charge in [-0.25, -0.2) is 0 Å². The minimum Gasteiger partial charge on any atom is -0.512 e. The Morgan fingerprint density at radius 3 is 2.69 bits per heavy atom. The number of fused-ring (bicyclic) bond motifs is 2. The van der Waals surface area contributed by atoms with Crippen molar-refractivity contribution >= 4 is 5.78 Å². The molecular weight excluding hydrogens is 164 g/mol. The van der Waals surface area contributed by atoms with E-state index in [1.54, 1.807) is 0 Å². The standard InChI is InChI=1S/C11H16O2/c1-10(2)7-4-5-11(10,3)9(13)6-8(7)12/h6-7,13H,4-5H2,1-3H3/t7-,11+/m1/s1. The van der Waals surface area contributed by atoms with Crippen molar-refractivity contribution in [2.45, 2.75) is 33.6 Å². The topological polar surface area (TPSA) is 37.3 Å². The van der Waals surface area contributed by atoms with E-state index in [1.807, 2.05) is 0 Å². The lowest BCUT2D eigenvalue weighted by Crippen LogP contribution is -2.41. The van der Waals surface area contributed by atoms with Crippen LogP contribution in [0.5, 0.6) is 0 Å². The third-order valence-corrected chi connectivity index (χ3v) is 4.41. The first-order valence-corrected chi connectivity index (χ1v) is 4.84. The predicted molar refractivity (Wildman–Crippen MR) is 50.3 cm³/mol. The van der Waals surface area contributed by atoms with Crippen LogP contribution in [0.15, 0.2) is 11.8 Å². The lowest BCUT2D eigenvalue weighted by molar-refractivity contribution is -0.124. The van der Waals surface area contributed by atoms with Crippen molar-refractivity contribution in [2.75, 3.05) is 0 Å². The summed E-state index contributed by atoms with van der Waals surface area (Å²) in [7, 11) is 0. The van der Waals surface area contributed by atoms with Gasteiger partial charge in [-0.2, -0.15) is 0 Å². The molecule has 2 aliphatic rings. The fraction of sp³-hybridized carbons (Fsp3) is 0.727. The van der Waals surface area contributed by atoms with E-state index in [2.05, 4.69) is 20.8 Å². The van der Waals surface area contributed by atoms with E-state index in [9.17, 15) is 9.90 Å². The predicted octanol–water partition coefficient (Wildman–Crippen LogP) is 2.45. The molecule has 0 aromatic heterocycles. The molecule has 2 rings (SSSR count). The quantitative estimate of drug-likeness (QED) is 0.621. The Bertz CT molecular complexity index is 301. The summed E-state index contributed by atoms with van der Waals surface area (Å²) in [6.07, 6.45) is 3.28. The van der Waals surface area contributed by atoms with Crippen LogP contribution >= 0.6 is 0 Å². The highest BCUT2D eigenvalue weighted by atomic mass is 16.3. The van der Waals surface area contributed by atoms with Gasteiger partial charge in [-0.05, 0) is 18.3 Å². The van der Waals surface area contributed by atoms with Gasteiger partial charge in [-0.3, -0.25) is 4.79 Å². The fourth-order valence-corrected chi connectivity index (χ4v) is 2.85. The van der Waals surface area contributed by atoms with Crippen LogP contribution in [0.4, 0.5) is 0 Å². The second-order valence-electron chi connectivity index (χ2n) is 5.08. The number of hydrogen-bond acceptors (Lipinski definition) is 2. The van der Waals surface area contributed by atoms with Crippen molar-refractivity contribution in [3.05, 3.63) is 11.8 Å². The lowest BCUT2D eigenvalue weighted by Gasteiger charge is -2.43. The number of rotatable bonds is 0. The van der Waals surface area contributed by atoms with Crippen molar-refractivity contribution in [2.24, 2.45) is 16.7 Å². The molecule has 0 heterocycles. The summed E-state index contributed by atoms with van der Waals surface area (Å²) >= 11 is 0. The molecule has 0 aromatic rings. The van der Waals surface area contributed by atoms with Gasteiger partial charge in [-0.15, -0.1) is 0 Å². The Labute approximate surface area is 78.6 Å². The third kappa shape index (κ3) is 0.812. The van der Waals surface area contributed by atoms with Crippen LogP contribution < -0.4 is 0 Å². The normalized spacial score (nSPS) is 41.9. The zero-order chi connectivity index (χ0) is 9.85. The van der Waals surface area contributed by atoms with Crippen LogP contribution in [0.1, 0.15) is 33.6 Å². The van der Waals surface area contributed by atoms with E-state index in [-0.39, 0.29) is 28.3 Å². The molecule has 2 atom stereocenters. The first kappa shape index (κ1) is 8.79. The Balaban J connectivity index is 2.59. The highest BCUT2D eigenvalue weighted by Gasteiger charge is 2.58. The number of allylic oxidation sites excluding steroid dienone is 2. The number of aliphatic hydroxyl groups excluding tert-OH is 1. The molecule has 0 amide bonds. The van der Waals surface area contributed by atoms with Crippen LogP contribution in [-0.2, 0) is 4.79 Å². The molecule has 0 unspecified atom stereocenters. The van der Waals surface area contributed by atoms with Crippen LogP contribution in [-0.4, -0.2) is 10.9 Å². The molecule has 2 nitrogen and oxygen atoms in total. The van der Waals surface area contributed by atoms with Crippen LogP contribution in [0.2, 0.25) is 0 Å². The second-order valence-corrected chi connectivity index (χ2v) is 5.08. The molecule has 0 spiro atoms. The molecule has 2 aliphatic carbocycles. The summed E-state index contributed by atoms with van der Waals surface area (Å²) < 4.78 is 0. The maximum Gasteiger partial charge on any atom is 0.162 e. The zero-order valence-electron chi connectivity index (χ0n) is 8.42. The Morgan fingerprint density at radius 2 is 2.08 bits per heavy atom. The van der Waals surface area contributed by atoms with Gasteiger partial charge in [-0.1, -0.05) is 20.8 Å². The Hall–Kier alpha value is -0.790. The number of carbonyl (C=O) groups is 1. The van der Waals surface area contributed by atoms with Crippen molar-refractivity contribution in [1.29, 1.82) is 0 Å². The summed E-state index contributed by atoms with van der Waals surface area (Å²) in [6.45, 7) is 6.24. The van der Waals surface area contributed by atoms with Gasteiger partial charge in [0.1, 0.15) is 5.76 Å². The molecule has 0 aromatic carbocycles. The van der Waals surface area contributed by atoms with Gasteiger partial charge in [0.05, 0.1) is 0 Å². The fourth-order valence-electron chi connectivity index (χ4n) is 2.85. The molecule has 0 aliphatic heterocycles. The maximum absolute atomic E-state index is 11.6. The maximum atomic E-state index is 11.6. The number of ketones is 1. The van der Waals surface area contributed by atoms with E-state index < -0.39 is 0 Å². The van der Waals surface area contributed by atoms with E-state index in [1.165, 1.54) is 6.08 Å². The van der Waals surface area contributed by atoms with Gasteiger partial charge in [0.25, 0.3) is 0 Å². The summed E-state index contributed by atoms with van der Waals surface area (Å²) in [4.78, 5) is 11.6. The largest absolute Gasteiger partial charge is 0.512 e. The van der Waals surface area contributed by atoms with E-state index >= 15 is 0 Å². The molecule has 1 saturated carbocycles. The highest BCUT2D eigenvalue weighted by Crippen LogP contribution is 2.61. The molecule has 1 N–H and O–H groups in total. The SMILES string of the molecule is CC1(C)[C@@H]2CC[C@@]1(C)C(O)=CC2=O. The van der Waals surface area contributed by atoms with Gasteiger partial charge >= 0.3 is 0 Å². The van der Waals surface area contributed by atoms with Gasteiger partial charge in [0, 0.05) is 17.4 Å². The molecule has 0 saturated heterocycles. The first-order chi connectivity index (χ1) is 5.89. The minimum absolute atomic E-state index is 0.0804. The van der Waals surface area contributed by atoms with Crippen molar-refractivity contribution in [3.63, 3.8) is 0 Å². The van der Waals surface area contributed by atoms with E-state index in [0.29, 0.717) is 0 Å². The number of carbonyl (C=O) groups excluding carboxylic acids is 1. The molecule has 2 bridgehead atoms. The lowest BCUT2D eigenvalue weighted by atomic mass is 9.61. The monoisotopic (exact) mass is 180 g/mol. The summed E-state index contributed by atoms with van der Waals surface area (Å²) in [5.74, 6) is 0.516. The third-order valence-electron chi connectivity index (χ3n) is 4.41. The number of hydrogen-bond donors (Lipinski definition) is 1.